The van der Waals surface area contributed by atoms with Crippen LogP contribution >= 0.6 is 12.4 Å². The van der Waals surface area contributed by atoms with E-state index in [9.17, 15) is 4.79 Å². The Bertz CT molecular complexity index is 365. The Hall–Kier alpha value is -1.06. The predicted octanol–water partition coefficient (Wildman–Crippen LogP) is 3.28. The van der Waals surface area contributed by atoms with Crippen LogP contribution in [-0.2, 0) is 22.4 Å². The molecule has 0 saturated heterocycles. The highest BCUT2D eigenvalue weighted by atomic mass is 35.5. The Morgan fingerprint density at radius 1 is 1.05 bits per heavy atom. The van der Waals surface area contributed by atoms with Crippen molar-refractivity contribution in [2.75, 3.05) is 13.2 Å². The number of benzene rings is 1. The van der Waals surface area contributed by atoms with Crippen LogP contribution in [0.15, 0.2) is 24.3 Å². The molecule has 0 saturated carbocycles. The molecule has 0 aromatic heterocycles. The van der Waals surface area contributed by atoms with E-state index in [1.54, 1.807) is 0 Å². The number of esters is 1. The van der Waals surface area contributed by atoms with E-state index in [1.165, 1.54) is 11.1 Å². The van der Waals surface area contributed by atoms with Gasteiger partial charge >= 0.3 is 5.97 Å². The number of carbonyl (C=O) groups excluding carboxylic acids is 1. The molecule has 0 unspecified atom stereocenters. The van der Waals surface area contributed by atoms with Gasteiger partial charge in [-0.05, 0) is 50.3 Å². The molecule has 0 radical (unpaired) electrons. The van der Waals surface area contributed by atoms with Crippen LogP contribution in [0, 0.1) is 0 Å². The predicted molar refractivity (Wildman–Crippen MR) is 85.3 cm³/mol. The summed E-state index contributed by atoms with van der Waals surface area (Å²) in [6.07, 6.45) is 5.68. The second-order valence-corrected chi connectivity index (χ2v) is 4.72. The first-order valence-corrected chi connectivity index (χ1v) is 7.19. The van der Waals surface area contributed by atoms with E-state index in [2.05, 4.69) is 24.3 Å². The van der Waals surface area contributed by atoms with Gasteiger partial charge in [0.1, 0.15) is 0 Å². The summed E-state index contributed by atoms with van der Waals surface area (Å²) in [4.78, 5) is 11.1. The average Bonchev–Trinajstić information content (AvgIpc) is 2.41. The quantitative estimate of drug-likeness (QED) is 0.562. The lowest BCUT2D eigenvalue weighted by Gasteiger charge is -2.04. The second-order valence-electron chi connectivity index (χ2n) is 4.72. The van der Waals surface area contributed by atoms with Crippen LogP contribution < -0.4 is 5.73 Å². The molecule has 1 aromatic rings. The van der Waals surface area contributed by atoms with Crippen LogP contribution in [0.5, 0.6) is 0 Å². The summed E-state index contributed by atoms with van der Waals surface area (Å²) in [6, 6.07) is 8.66. The van der Waals surface area contributed by atoms with E-state index >= 15 is 0 Å². The van der Waals surface area contributed by atoms with Gasteiger partial charge in [0.2, 0.25) is 0 Å². The number of hydrogen-bond acceptors (Lipinski definition) is 3. The zero-order valence-electron chi connectivity index (χ0n) is 12.3. The van der Waals surface area contributed by atoms with Crippen molar-refractivity contribution in [3.05, 3.63) is 35.4 Å². The summed E-state index contributed by atoms with van der Waals surface area (Å²) in [6.45, 7) is 3.02. The molecule has 4 heteroatoms. The second kappa shape index (κ2) is 11.7. The minimum atomic E-state index is -0.0753. The number of hydrogen-bond donors (Lipinski definition) is 1. The molecule has 0 amide bonds. The van der Waals surface area contributed by atoms with Gasteiger partial charge in [0.15, 0.2) is 0 Å². The molecule has 2 N–H and O–H groups in total. The molecular formula is C16H26ClNO2. The molecule has 0 aliphatic heterocycles. The Morgan fingerprint density at radius 2 is 1.65 bits per heavy atom. The monoisotopic (exact) mass is 299 g/mol. The van der Waals surface area contributed by atoms with Crippen molar-refractivity contribution >= 4 is 18.4 Å². The highest BCUT2D eigenvalue weighted by Gasteiger charge is 2.01. The van der Waals surface area contributed by atoms with Crippen molar-refractivity contribution in [2.24, 2.45) is 5.73 Å². The minimum Gasteiger partial charge on any atom is -0.466 e. The molecule has 0 atom stereocenters. The third-order valence-electron chi connectivity index (χ3n) is 3.11. The van der Waals surface area contributed by atoms with Gasteiger partial charge in [-0.3, -0.25) is 4.79 Å². The van der Waals surface area contributed by atoms with E-state index < -0.39 is 0 Å². The normalized spacial score (nSPS) is 9.90. The van der Waals surface area contributed by atoms with Crippen LogP contribution in [0.2, 0.25) is 0 Å². The van der Waals surface area contributed by atoms with E-state index in [0.717, 1.165) is 32.1 Å². The zero-order chi connectivity index (χ0) is 13.9. The molecule has 0 aliphatic carbocycles. The standard InChI is InChI=1S/C16H25NO2.ClH/c1-2-19-16(18)7-5-3-4-6-14-8-10-15(11-9-14)12-13-17;/h8-11H,2-7,12-13,17H2,1H3;1H. The van der Waals surface area contributed by atoms with Crippen molar-refractivity contribution < 1.29 is 9.53 Å². The highest BCUT2D eigenvalue weighted by Crippen LogP contribution is 2.10. The van der Waals surface area contributed by atoms with Gasteiger partial charge in [-0.15, -0.1) is 12.4 Å². The van der Waals surface area contributed by atoms with Gasteiger partial charge in [-0.25, -0.2) is 0 Å². The van der Waals surface area contributed by atoms with E-state index in [1.807, 2.05) is 6.92 Å². The maximum Gasteiger partial charge on any atom is 0.305 e. The molecule has 0 aliphatic rings. The van der Waals surface area contributed by atoms with Gasteiger partial charge in [-0.1, -0.05) is 30.7 Å². The van der Waals surface area contributed by atoms with E-state index in [-0.39, 0.29) is 18.4 Å². The zero-order valence-corrected chi connectivity index (χ0v) is 13.1. The van der Waals surface area contributed by atoms with Gasteiger partial charge in [-0.2, -0.15) is 0 Å². The number of unbranched alkanes of at least 4 members (excludes halogenated alkanes) is 2. The van der Waals surface area contributed by atoms with Crippen molar-refractivity contribution in [1.29, 1.82) is 0 Å². The largest absolute Gasteiger partial charge is 0.466 e. The molecular weight excluding hydrogens is 274 g/mol. The van der Waals surface area contributed by atoms with Crippen LogP contribution in [0.4, 0.5) is 0 Å². The highest BCUT2D eigenvalue weighted by molar-refractivity contribution is 5.85. The molecule has 0 heterocycles. The van der Waals surface area contributed by atoms with Gasteiger partial charge in [0.25, 0.3) is 0 Å². The summed E-state index contributed by atoms with van der Waals surface area (Å²) in [5, 5.41) is 0. The van der Waals surface area contributed by atoms with Crippen molar-refractivity contribution in [1.82, 2.24) is 0 Å². The summed E-state index contributed by atoms with van der Waals surface area (Å²) < 4.78 is 4.89. The number of rotatable bonds is 9. The molecule has 1 rings (SSSR count). The van der Waals surface area contributed by atoms with Crippen molar-refractivity contribution in [3.8, 4) is 0 Å². The fourth-order valence-electron chi connectivity index (χ4n) is 2.05. The van der Waals surface area contributed by atoms with Crippen molar-refractivity contribution in [2.45, 2.75) is 45.4 Å². The van der Waals surface area contributed by atoms with Gasteiger partial charge in [0.05, 0.1) is 6.61 Å². The molecule has 0 bridgehead atoms. The maximum absolute atomic E-state index is 11.1. The molecule has 1 aromatic carbocycles. The lowest BCUT2D eigenvalue weighted by atomic mass is 10.0. The molecule has 0 fully saturated rings. The smallest absolute Gasteiger partial charge is 0.305 e. The van der Waals surface area contributed by atoms with Crippen LogP contribution in [0.3, 0.4) is 0 Å². The third-order valence-corrected chi connectivity index (χ3v) is 3.11. The number of ether oxygens (including phenoxy) is 1. The lowest BCUT2D eigenvalue weighted by Crippen LogP contribution is -2.03. The SMILES string of the molecule is CCOC(=O)CCCCCc1ccc(CCN)cc1.Cl. The average molecular weight is 300 g/mol. The first-order valence-electron chi connectivity index (χ1n) is 7.19. The van der Waals surface area contributed by atoms with E-state index in [4.69, 9.17) is 10.5 Å². The summed E-state index contributed by atoms with van der Waals surface area (Å²) in [7, 11) is 0. The van der Waals surface area contributed by atoms with Crippen LogP contribution in [-0.4, -0.2) is 19.1 Å². The molecule has 0 spiro atoms. The third kappa shape index (κ3) is 8.18. The maximum atomic E-state index is 11.1. The molecule has 3 nitrogen and oxygen atoms in total. The first-order chi connectivity index (χ1) is 9.26. The minimum absolute atomic E-state index is 0. The Balaban J connectivity index is 0.00000361. The lowest BCUT2D eigenvalue weighted by molar-refractivity contribution is -0.143. The Labute approximate surface area is 128 Å². The number of carbonyl (C=O) groups is 1. The Kier molecular flexibility index (Phi) is 11.1. The topological polar surface area (TPSA) is 52.3 Å². The van der Waals surface area contributed by atoms with Gasteiger partial charge < -0.3 is 10.5 Å². The van der Waals surface area contributed by atoms with Crippen LogP contribution in [0.25, 0.3) is 0 Å². The van der Waals surface area contributed by atoms with Crippen LogP contribution in [0.1, 0.15) is 43.7 Å². The number of aryl methyl sites for hydroxylation is 1. The van der Waals surface area contributed by atoms with Crippen molar-refractivity contribution in [3.63, 3.8) is 0 Å². The fraction of sp³-hybridized carbons (Fsp3) is 0.562. The molecule has 20 heavy (non-hydrogen) atoms. The van der Waals surface area contributed by atoms with Gasteiger partial charge in [0, 0.05) is 6.42 Å². The first kappa shape index (κ1) is 18.9. The molecule has 114 valence electrons. The number of nitrogens with two attached hydrogens (primary N) is 1. The summed E-state index contributed by atoms with van der Waals surface area (Å²) in [5.74, 6) is -0.0753. The number of halogens is 1. The Morgan fingerprint density at radius 3 is 2.20 bits per heavy atom. The fourth-order valence-corrected chi connectivity index (χ4v) is 2.05. The summed E-state index contributed by atoms with van der Waals surface area (Å²) in [5.41, 5.74) is 8.18. The summed E-state index contributed by atoms with van der Waals surface area (Å²) >= 11 is 0. The van der Waals surface area contributed by atoms with E-state index in [0.29, 0.717) is 19.6 Å².